The number of anilines is 1. The van der Waals surface area contributed by atoms with Crippen LogP contribution in [0.3, 0.4) is 0 Å². The third kappa shape index (κ3) is 4.46. The van der Waals surface area contributed by atoms with Gasteiger partial charge in [0.2, 0.25) is 5.91 Å². The summed E-state index contributed by atoms with van der Waals surface area (Å²) in [6.45, 7) is 5.14. The second-order valence-electron chi connectivity index (χ2n) is 7.19. The topological polar surface area (TPSA) is 50.6 Å². The smallest absolute Gasteiger partial charge is 0.236 e. The predicted octanol–water partition coefficient (Wildman–Crippen LogP) is 3.71. The Kier molecular flexibility index (Phi) is 6.28. The predicted molar refractivity (Wildman–Crippen MR) is 121 cm³/mol. The van der Waals surface area contributed by atoms with Gasteiger partial charge in [0.1, 0.15) is 5.75 Å². The van der Waals surface area contributed by atoms with Crippen LogP contribution in [0, 0.1) is 0 Å². The molecule has 4 rings (SSSR count). The Bertz CT molecular complexity index is 984. The van der Waals surface area contributed by atoms with Crippen molar-refractivity contribution in [1.29, 1.82) is 0 Å². The molecule has 2 heterocycles. The highest BCUT2D eigenvalue weighted by Gasteiger charge is 2.26. The van der Waals surface area contributed by atoms with Crippen LogP contribution in [-0.2, 0) is 4.79 Å². The molecule has 1 aliphatic heterocycles. The molecule has 0 radical (unpaired) electrons. The van der Waals surface area contributed by atoms with E-state index in [0.717, 1.165) is 42.8 Å². The number of thioether (sulfide) groups is 1. The van der Waals surface area contributed by atoms with Crippen LogP contribution in [-0.4, -0.2) is 58.9 Å². The van der Waals surface area contributed by atoms with Crippen LogP contribution in [0.25, 0.3) is 5.69 Å². The van der Waals surface area contributed by atoms with Gasteiger partial charge in [0.25, 0.3) is 0 Å². The minimum atomic E-state index is -0.208. The summed E-state index contributed by atoms with van der Waals surface area (Å²) in [5, 5.41) is 0.590. The Hall–Kier alpha value is -2.93. The number of ether oxygens (including phenoxy) is 1. The van der Waals surface area contributed by atoms with Crippen LogP contribution >= 0.6 is 11.8 Å². The first-order valence-corrected chi connectivity index (χ1v) is 11.0. The van der Waals surface area contributed by atoms with Crippen LogP contribution < -0.4 is 9.64 Å². The number of rotatable bonds is 6. The number of carbonyl (C=O) groups is 1. The number of piperazine rings is 1. The highest BCUT2D eigenvalue weighted by Crippen LogP contribution is 2.27. The van der Waals surface area contributed by atoms with E-state index in [1.807, 2.05) is 52.9 Å². The number of hydrogen-bond donors (Lipinski definition) is 0. The first kappa shape index (κ1) is 20.3. The molecule has 1 atom stereocenters. The quantitative estimate of drug-likeness (QED) is 0.567. The summed E-state index contributed by atoms with van der Waals surface area (Å²) in [7, 11) is 1.65. The van der Waals surface area contributed by atoms with E-state index in [1.165, 1.54) is 17.4 Å². The fraction of sp³-hybridized carbons (Fsp3) is 0.304. The Balaban J connectivity index is 1.38. The second-order valence-corrected chi connectivity index (χ2v) is 8.50. The van der Waals surface area contributed by atoms with Crippen LogP contribution in [0.5, 0.6) is 5.75 Å². The van der Waals surface area contributed by atoms with Crippen molar-refractivity contribution >= 4 is 23.4 Å². The third-order valence-electron chi connectivity index (χ3n) is 5.28. The van der Waals surface area contributed by atoms with E-state index >= 15 is 0 Å². The van der Waals surface area contributed by atoms with Crippen molar-refractivity contribution in [3.8, 4) is 11.4 Å². The largest absolute Gasteiger partial charge is 0.497 e. The van der Waals surface area contributed by atoms with Crippen LogP contribution in [0.1, 0.15) is 6.92 Å². The van der Waals surface area contributed by atoms with Gasteiger partial charge in [-0.05, 0) is 31.2 Å². The van der Waals surface area contributed by atoms with Gasteiger partial charge in [0.05, 0.1) is 18.0 Å². The molecular weight excluding hydrogens is 396 g/mol. The Morgan fingerprint density at radius 1 is 1.03 bits per heavy atom. The lowest BCUT2D eigenvalue weighted by Gasteiger charge is -2.37. The summed E-state index contributed by atoms with van der Waals surface area (Å²) in [5.74, 6) is 0.950. The second kappa shape index (κ2) is 9.26. The normalized spacial score (nSPS) is 15.1. The molecule has 1 aliphatic rings. The minimum absolute atomic E-state index is 0.160. The lowest BCUT2D eigenvalue weighted by Crippen LogP contribution is -2.50. The molecule has 1 saturated heterocycles. The van der Waals surface area contributed by atoms with Gasteiger partial charge in [-0.25, -0.2) is 4.98 Å². The van der Waals surface area contributed by atoms with E-state index in [9.17, 15) is 4.79 Å². The van der Waals surface area contributed by atoms with Gasteiger partial charge in [-0.2, -0.15) is 0 Å². The summed E-state index contributed by atoms with van der Waals surface area (Å²) in [4.78, 5) is 21.8. The molecule has 6 nitrogen and oxygen atoms in total. The van der Waals surface area contributed by atoms with Gasteiger partial charge in [-0.1, -0.05) is 36.0 Å². The van der Waals surface area contributed by atoms with Crippen molar-refractivity contribution in [2.75, 3.05) is 38.2 Å². The van der Waals surface area contributed by atoms with Gasteiger partial charge < -0.3 is 14.5 Å². The van der Waals surface area contributed by atoms with Gasteiger partial charge in [-0.3, -0.25) is 9.36 Å². The zero-order chi connectivity index (χ0) is 20.9. The molecule has 7 heteroatoms. The summed E-state index contributed by atoms with van der Waals surface area (Å²) in [6, 6.07) is 18.2. The molecule has 0 spiro atoms. The van der Waals surface area contributed by atoms with Gasteiger partial charge in [0.15, 0.2) is 5.16 Å². The number of amides is 1. The number of para-hydroxylation sites is 1. The first-order chi connectivity index (χ1) is 14.7. The maximum atomic E-state index is 13.0. The van der Waals surface area contributed by atoms with Crippen LogP contribution in [0.4, 0.5) is 5.69 Å². The van der Waals surface area contributed by atoms with E-state index in [1.54, 1.807) is 13.3 Å². The van der Waals surface area contributed by atoms with Crippen molar-refractivity contribution in [2.45, 2.75) is 17.3 Å². The summed E-state index contributed by atoms with van der Waals surface area (Å²) >= 11 is 1.49. The molecule has 0 N–H and O–H groups in total. The van der Waals surface area contributed by atoms with Crippen molar-refractivity contribution in [3.63, 3.8) is 0 Å². The third-order valence-corrected chi connectivity index (χ3v) is 6.35. The monoisotopic (exact) mass is 422 g/mol. The standard InChI is InChI=1S/C23H26N4O2S/c1-18(22(28)26-15-13-25(14-16-26)19-7-4-3-5-8-19)30-23-24-11-12-27(23)20-9-6-10-21(17-20)29-2/h3-12,17-18H,13-16H2,1-2H3. The number of methoxy groups -OCH3 is 1. The highest BCUT2D eigenvalue weighted by molar-refractivity contribution is 8.00. The summed E-state index contributed by atoms with van der Waals surface area (Å²) in [6.07, 6.45) is 3.67. The van der Waals surface area contributed by atoms with Crippen LogP contribution in [0.15, 0.2) is 72.1 Å². The van der Waals surface area contributed by atoms with E-state index < -0.39 is 0 Å². The maximum Gasteiger partial charge on any atom is 0.236 e. The fourth-order valence-corrected chi connectivity index (χ4v) is 4.59. The molecule has 3 aromatic rings. The lowest BCUT2D eigenvalue weighted by molar-refractivity contribution is -0.130. The molecule has 0 aliphatic carbocycles. The summed E-state index contributed by atoms with van der Waals surface area (Å²) in [5.41, 5.74) is 2.18. The zero-order valence-electron chi connectivity index (χ0n) is 17.3. The average molecular weight is 423 g/mol. The molecule has 1 aromatic heterocycles. The molecule has 1 unspecified atom stereocenters. The van der Waals surface area contributed by atoms with Crippen molar-refractivity contribution in [3.05, 3.63) is 67.0 Å². The van der Waals surface area contributed by atoms with E-state index in [-0.39, 0.29) is 11.2 Å². The number of aromatic nitrogens is 2. The van der Waals surface area contributed by atoms with E-state index in [4.69, 9.17) is 4.74 Å². The summed E-state index contributed by atoms with van der Waals surface area (Å²) < 4.78 is 7.32. The number of nitrogens with zero attached hydrogens (tertiary/aromatic N) is 4. The van der Waals surface area contributed by atoms with Crippen LogP contribution in [0.2, 0.25) is 0 Å². The van der Waals surface area contributed by atoms with Crippen molar-refractivity contribution in [1.82, 2.24) is 14.5 Å². The lowest BCUT2D eigenvalue weighted by atomic mass is 10.2. The van der Waals surface area contributed by atoms with E-state index in [2.05, 4.69) is 34.1 Å². The molecule has 0 saturated carbocycles. The SMILES string of the molecule is COc1cccc(-n2ccnc2SC(C)C(=O)N2CCN(c3ccccc3)CC2)c1. The Morgan fingerprint density at radius 3 is 2.50 bits per heavy atom. The minimum Gasteiger partial charge on any atom is -0.497 e. The van der Waals surface area contributed by atoms with Gasteiger partial charge in [0, 0.05) is 50.3 Å². The fourth-order valence-electron chi connectivity index (χ4n) is 3.62. The van der Waals surface area contributed by atoms with Gasteiger partial charge in [-0.15, -0.1) is 0 Å². The first-order valence-electron chi connectivity index (χ1n) is 10.1. The highest BCUT2D eigenvalue weighted by atomic mass is 32.2. The molecule has 30 heavy (non-hydrogen) atoms. The molecule has 1 amide bonds. The number of carbonyl (C=O) groups excluding carboxylic acids is 1. The van der Waals surface area contributed by atoms with Crippen molar-refractivity contribution < 1.29 is 9.53 Å². The average Bonchev–Trinajstić information content (AvgIpc) is 3.27. The zero-order valence-corrected chi connectivity index (χ0v) is 18.1. The molecule has 156 valence electrons. The molecule has 1 fully saturated rings. The van der Waals surface area contributed by atoms with Crippen molar-refractivity contribution in [2.24, 2.45) is 0 Å². The molecule has 2 aromatic carbocycles. The Labute approximate surface area is 181 Å². The number of imidazole rings is 1. The molecular formula is C23H26N4O2S. The van der Waals surface area contributed by atoms with E-state index in [0.29, 0.717) is 0 Å². The molecule has 0 bridgehead atoms. The van der Waals surface area contributed by atoms with Gasteiger partial charge >= 0.3 is 0 Å². The maximum absolute atomic E-state index is 13.0. The number of hydrogen-bond acceptors (Lipinski definition) is 5. The number of benzene rings is 2. The Morgan fingerprint density at radius 2 is 1.77 bits per heavy atom.